The summed E-state index contributed by atoms with van der Waals surface area (Å²) in [7, 11) is 4.71. The zero-order chi connectivity index (χ0) is 18.0. The molecule has 1 heterocycles. The van der Waals surface area contributed by atoms with Gasteiger partial charge in [0.1, 0.15) is 0 Å². The van der Waals surface area contributed by atoms with Gasteiger partial charge in [-0.1, -0.05) is 18.2 Å². The monoisotopic (exact) mass is 338 g/mol. The number of fused-ring (bicyclic) bond motifs is 1. The second-order valence-electron chi connectivity index (χ2n) is 5.45. The average molecular weight is 338 g/mol. The zero-order valence-corrected chi connectivity index (χ0v) is 14.2. The lowest BCUT2D eigenvalue weighted by atomic mass is 10.1. The van der Waals surface area contributed by atoms with Crippen LogP contribution in [0.15, 0.2) is 42.5 Å². The molecule has 1 aromatic heterocycles. The van der Waals surface area contributed by atoms with E-state index in [-0.39, 0.29) is 23.0 Å². The van der Waals surface area contributed by atoms with Gasteiger partial charge in [-0.15, -0.1) is 0 Å². The van der Waals surface area contributed by atoms with Gasteiger partial charge in [0.25, 0.3) is 0 Å². The molecule has 0 fully saturated rings. The Labute approximate surface area is 144 Å². The number of para-hydroxylation sites is 2. The Morgan fingerprint density at radius 2 is 1.80 bits per heavy atom. The summed E-state index contributed by atoms with van der Waals surface area (Å²) < 4.78 is 12.0. The van der Waals surface area contributed by atoms with E-state index in [1.54, 1.807) is 22.8 Å². The quantitative estimate of drug-likeness (QED) is 0.571. The second-order valence-corrected chi connectivity index (χ2v) is 5.45. The lowest BCUT2D eigenvalue weighted by molar-refractivity contribution is 0.103. The number of phenolic OH excluding ortho intramolecular Hbond substituents is 1. The van der Waals surface area contributed by atoms with E-state index in [1.165, 1.54) is 20.3 Å². The third-order valence-electron chi connectivity index (χ3n) is 3.94. The van der Waals surface area contributed by atoms with Crippen LogP contribution >= 0.6 is 0 Å². The van der Waals surface area contributed by atoms with Crippen LogP contribution in [0, 0.1) is 0 Å². The number of hydrogen-bond acceptors (Lipinski definition) is 5. The Bertz CT molecular complexity index is 948. The minimum Gasteiger partial charge on any atom is -0.502 e. The van der Waals surface area contributed by atoms with E-state index in [9.17, 15) is 9.90 Å². The van der Waals surface area contributed by atoms with E-state index < -0.39 is 0 Å². The number of aryl methyl sites for hydroxylation is 1. The van der Waals surface area contributed by atoms with Gasteiger partial charge in [0, 0.05) is 7.05 Å². The molecular formula is C19H18N2O4. The first-order chi connectivity index (χ1) is 12.0. The average Bonchev–Trinajstić information content (AvgIpc) is 2.97. The molecule has 0 saturated carbocycles. The Hall–Kier alpha value is -3.28. The lowest BCUT2D eigenvalue weighted by Crippen LogP contribution is -2.04. The van der Waals surface area contributed by atoms with E-state index >= 15 is 0 Å². The zero-order valence-electron chi connectivity index (χ0n) is 14.2. The Morgan fingerprint density at radius 1 is 1.16 bits per heavy atom. The van der Waals surface area contributed by atoms with Crippen LogP contribution in [0.1, 0.15) is 16.2 Å². The van der Waals surface area contributed by atoms with Gasteiger partial charge in [0.15, 0.2) is 17.3 Å². The number of benzene rings is 2. The fourth-order valence-electron chi connectivity index (χ4n) is 2.62. The number of aromatic hydroxyl groups is 1. The van der Waals surface area contributed by atoms with E-state index in [4.69, 9.17) is 9.47 Å². The minimum atomic E-state index is -0.218. The number of ketones is 1. The Kier molecular flexibility index (Phi) is 4.43. The molecule has 3 aromatic rings. The van der Waals surface area contributed by atoms with Crippen molar-refractivity contribution in [3.8, 4) is 17.2 Å². The minimum absolute atomic E-state index is 0.0798. The molecule has 0 aliphatic carbocycles. The molecule has 128 valence electrons. The normalized spacial score (nSPS) is 11.2. The molecule has 3 rings (SSSR count). The van der Waals surface area contributed by atoms with Gasteiger partial charge < -0.3 is 19.1 Å². The molecule has 2 aromatic carbocycles. The van der Waals surface area contributed by atoms with Gasteiger partial charge in [-0.3, -0.25) is 4.79 Å². The van der Waals surface area contributed by atoms with Crippen LogP contribution in [0.2, 0.25) is 0 Å². The van der Waals surface area contributed by atoms with Crippen molar-refractivity contribution in [2.24, 2.45) is 7.05 Å². The number of allylic oxidation sites excluding steroid dienone is 1. The van der Waals surface area contributed by atoms with Crippen molar-refractivity contribution in [1.29, 1.82) is 0 Å². The predicted molar refractivity (Wildman–Crippen MR) is 95.3 cm³/mol. The van der Waals surface area contributed by atoms with E-state index in [0.717, 1.165) is 11.0 Å². The van der Waals surface area contributed by atoms with E-state index in [1.807, 2.05) is 31.3 Å². The van der Waals surface area contributed by atoms with Crippen molar-refractivity contribution in [1.82, 2.24) is 9.55 Å². The van der Waals surface area contributed by atoms with E-state index in [0.29, 0.717) is 11.4 Å². The molecule has 6 heteroatoms. The SMILES string of the molecule is COc1cc(/C=C/C(=O)c2nc3ccccc3n2C)cc(OC)c1O. The standard InChI is InChI=1S/C19H18N2O4/c1-21-14-7-5-4-6-13(14)20-19(21)15(22)9-8-12-10-16(24-2)18(23)17(11-12)25-3/h4-11,23H,1-3H3/b9-8+. The van der Waals surface area contributed by atoms with Crippen molar-refractivity contribution in [3.63, 3.8) is 0 Å². The van der Waals surface area contributed by atoms with Crippen LogP contribution in [0.4, 0.5) is 0 Å². The molecule has 0 aliphatic rings. The van der Waals surface area contributed by atoms with Crippen molar-refractivity contribution in [2.75, 3.05) is 14.2 Å². The molecule has 1 N–H and O–H groups in total. The molecule has 0 bridgehead atoms. The highest BCUT2D eigenvalue weighted by Gasteiger charge is 2.13. The van der Waals surface area contributed by atoms with Gasteiger partial charge in [-0.05, 0) is 35.9 Å². The topological polar surface area (TPSA) is 73.6 Å². The fourth-order valence-corrected chi connectivity index (χ4v) is 2.62. The number of methoxy groups -OCH3 is 2. The number of carbonyl (C=O) groups excluding carboxylic acids is 1. The van der Waals surface area contributed by atoms with Crippen LogP contribution in [0.3, 0.4) is 0 Å². The predicted octanol–water partition coefficient (Wildman–Crippen LogP) is 3.19. The first kappa shape index (κ1) is 16.6. The highest BCUT2D eigenvalue weighted by molar-refractivity contribution is 6.06. The van der Waals surface area contributed by atoms with Gasteiger partial charge in [0.2, 0.25) is 11.5 Å². The van der Waals surface area contributed by atoms with Gasteiger partial charge in [-0.2, -0.15) is 0 Å². The van der Waals surface area contributed by atoms with Gasteiger partial charge >= 0.3 is 0 Å². The molecule has 0 saturated heterocycles. The highest BCUT2D eigenvalue weighted by atomic mass is 16.5. The molecular weight excluding hydrogens is 320 g/mol. The maximum atomic E-state index is 12.5. The highest BCUT2D eigenvalue weighted by Crippen LogP contribution is 2.37. The van der Waals surface area contributed by atoms with Crippen molar-refractivity contribution < 1.29 is 19.4 Å². The number of nitrogens with zero attached hydrogens (tertiary/aromatic N) is 2. The first-order valence-corrected chi connectivity index (χ1v) is 7.64. The molecule has 0 unspecified atom stereocenters. The Morgan fingerprint density at radius 3 is 2.40 bits per heavy atom. The van der Waals surface area contributed by atoms with E-state index in [2.05, 4.69) is 4.98 Å². The number of ether oxygens (including phenoxy) is 2. The second kappa shape index (κ2) is 6.68. The lowest BCUT2D eigenvalue weighted by Gasteiger charge is -2.09. The molecule has 0 amide bonds. The molecule has 0 radical (unpaired) electrons. The van der Waals surface area contributed by atoms with Crippen LogP contribution < -0.4 is 9.47 Å². The largest absolute Gasteiger partial charge is 0.502 e. The summed E-state index contributed by atoms with van der Waals surface area (Å²) in [6.45, 7) is 0. The molecule has 0 spiro atoms. The molecule has 0 atom stereocenters. The van der Waals surface area contributed by atoms with Gasteiger partial charge in [0.05, 0.1) is 25.3 Å². The number of hydrogen-bond donors (Lipinski definition) is 1. The number of rotatable bonds is 5. The maximum Gasteiger partial charge on any atom is 0.221 e. The maximum absolute atomic E-state index is 12.5. The van der Waals surface area contributed by atoms with Crippen LogP contribution in [0.25, 0.3) is 17.1 Å². The summed E-state index contributed by atoms with van der Waals surface area (Å²) in [5.74, 6) is 0.604. The molecule has 6 nitrogen and oxygen atoms in total. The van der Waals surface area contributed by atoms with Crippen molar-refractivity contribution in [3.05, 3.63) is 53.9 Å². The molecule has 0 aliphatic heterocycles. The van der Waals surface area contributed by atoms with Gasteiger partial charge in [-0.25, -0.2) is 4.98 Å². The Balaban J connectivity index is 1.93. The number of carbonyl (C=O) groups is 1. The van der Waals surface area contributed by atoms with Crippen LogP contribution in [-0.2, 0) is 7.05 Å². The fraction of sp³-hybridized carbons (Fsp3) is 0.158. The smallest absolute Gasteiger partial charge is 0.221 e. The third kappa shape index (κ3) is 3.06. The summed E-state index contributed by atoms with van der Waals surface area (Å²) in [6.07, 6.45) is 3.07. The number of phenols is 1. The van der Waals surface area contributed by atoms with Crippen LogP contribution in [-0.4, -0.2) is 34.7 Å². The number of imidazole rings is 1. The summed E-state index contributed by atoms with van der Waals surface area (Å²) in [5, 5.41) is 9.93. The molecule has 25 heavy (non-hydrogen) atoms. The summed E-state index contributed by atoms with van der Waals surface area (Å²) in [5.41, 5.74) is 2.33. The number of aromatic nitrogens is 2. The third-order valence-corrected chi connectivity index (χ3v) is 3.94. The van der Waals surface area contributed by atoms with Crippen molar-refractivity contribution in [2.45, 2.75) is 0 Å². The van der Waals surface area contributed by atoms with Crippen molar-refractivity contribution >= 4 is 22.9 Å². The first-order valence-electron chi connectivity index (χ1n) is 7.64. The summed E-state index contributed by atoms with van der Waals surface area (Å²) in [4.78, 5) is 16.9. The van der Waals surface area contributed by atoms with Crippen LogP contribution in [0.5, 0.6) is 17.2 Å². The summed E-state index contributed by atoms with van der Waals surface area (Å²) >= 11 is 0. The summed E-state index contributed by atoms with van der Waals surface area (Å²) in [6, 6.07) is 10.8.